The van der Waals surface area contributed by atoms with Gasteiger partial charge in [0.15, 0.2) is 0 Å². The topological polar surface area (TPSA) is 220 Å². The van der Waals surface area contributed by atoms with Gasteiger partial charge >= 0.3 is 12.2 Å². The molecule has 1 aliphatic rings. The van der Waals surface area contributed by atoms with Crippen molar-refractivity contribution in [1.82, 2.24) is 35.9 Å². The summed E-state index contributed by atoms with van der Waals surface area (Å²) in [5.74, 6) is -1.16. The van der Waals surface area contributed by atoms with E-state index < -0.39 is 35.1 Å². The van der Waals surface area contributed by atoms with Crippen LogP contribution < -0.4 is 27.2 Å². The number of carbonyl (C=O) groups excluding carboxylic acids is 4. The van der Waals surface area contributed by atoms with Crippen molar-refractivity contribution in [3.8, 4) is 0 Å². The fraction of sp³-hybridized carbons (Fsp3) is 0.617. The molecule has 0 radical (unpaired) electrons. The van der Waals surface area contributed by atoms with Crippen molar-refractivity contribution in [3.63, 3.8) is 0 Å². The van der Waals surface area contributed by atoms with Gasteiger partial charge in [-0.05, 0) is 65.3 Å². The van der Waals surface area contributed by atoms with Crippen molar-refractivity contribution >= 4 is 34.8 Å². The van der Waals surface area contributed by atoms with Crippen molar-refractivity contribution in [1.29, 1.82) is 0 Å². The van der Waals surface area contributed by atoms with E-state index in [1.54, 1.807) is 48.8 Å². The molecular weight excluding hydrogens is 840 g/mol. The zero-order valence-corrected chi connectivity index (χ0v) is 40.4. The highest BCUT2D eigenvalue weighted by Gasteiger charge is 2.26. The number of nitrogens with two attached hydrogens (primary N) is 1. The summed E-state index contributed by atoms with van der Waals surface area (Å²) >= 11 is 0. The molecule has 3 aromatic rings. The number of benzene rings is 2. The van der Waals surface area contributed by atoms with Crippen LogP contribution >= 0.6 is 0 Å². The summed E-state index contributed by atoms with van der Waals surface area (Å²) in [6.07, 6.45) is -0.616. The maximum atomic E-state index is 14.8. The van der Waals surface area contributed by atoms with Crippen LogP contribution in [0.25, 0.3) is 10.8 Å². The van der Waals surface area contributed by atoms with Gasteiger partial charge in [-0.2, -0.15) is 5.10 Å². The number of piperazine rings is 1. The van der Waals surface area contributed by atoms with Crippen molar-refractivity contribution in [2.24, 2.45) is 5.73 Å². The Hall–Kier alpha value is -5.17. The second kappa shape index (κ2) is 34.2. The lowest BCUT2D eigenvalue weighted by molar-refractivity contribution is -0.131. The number of halogens is 1. The van der Waals surface area contributed by atoms with Crippen LogP contribution in [0.4, 0.5) is 14.0 Å². The van der Waals surface area contributed by atoms with Crippen LogP contribution in [0.2, 0.25) is 0 Å². The van der Waals surface area contributed by atoms with E-state index in [1.807, 2.05) is 74.4 Å². The highest BCUT2D eigenvalue weighted by molar-refractivity contribution is 5.95. The van der Waals surface area contributed by atoms with Crippen LogP contribution in [-0.4, -0.2) is 141 Å². The standard InChI is InChI=1S/C31H39FN6O6.C9H20N2O3.3C2H6.CH4/c1-31(2,3)44-30(42)34-11-17-43-16-10-33-20-27(39)37-12-14-38(15-13-37)29(41)24-18-21(8-9-25(24)32)19-26-22-6-4-5-7-23(22)28(40)36-35-26;1-9(2,3)14-8(12)11-5-7-13-6-4-10;3*1-2;/h4-9,18,33H,10-17,19-20H2,1-3H3,(H,34,42)(H,36,40);4-7,10H2,1-3H3,(H,11,12);3*1-2H3;1H4. The lowest BCUT2D eigenvalue weighted by atomic mass is 10.0. The maximum absolute atomic E-state index is 14.8. The average Bonchev–Trinajstić information content (AvgIpc) is 3.27. The lowest BCUT2D eigenvalue weighted by Crippen LogP contribution is -2.52. The Morgan fingerprint density at radius 1 is 0.738 bits per heavy atom. The number of ether oxygens (including phenoxy) is 4. The van der Waals surface area contributed by atoms with Gasteiger partial charge in [-0.25, -0.2) is 19.1 Å². The van der Waals surface area contributed by atoms with Gasteiger partial charge in [0, 0.05) is 64.2 Å². The van der Waals surface area contributed by atoms with Crippen molar-refractivity contribution < 1.29 is 42.5 Å². The van der Waals surface area contributed by atoms with Crippen molar-refractivity contribution in [2.75, 3.05) is 85.3 Å². The predicted octanol–water partition coefficient (Wildman–Crippen LogP) is 6.27. The molecule has 4 rings (SSSR count). The molecule has 370 valence electrons. The first kappa shape index (κ1) is 61.9. The summed E-state index contributed by atoms with van der Waals surface area (Å²) in [6.45, 7) is 27.5. The molecule has 4 amide bonds. The lowest BCUT2D eigenvalue weighted by Gasteiger charge is -2.35. The fourth-order valence-corrected chi connectivity index (χ4v) is 5.49. The van der Waals surface area contributed by atoms with E-state index in [2.05, 4.69) is 26.1 Å². The number of fused-ring (bicyclic) bond motifs is 1. The van der Waals surface area contributed by atoms with Gasteiger partial charge in [-0.1, -0.05) is 73.2 Å². The maximum Gasteiger partial charge on any atom is 0.407 e. The number of amides is 4. The molecule has 6 N–H and O–H groups in total. The number of nitrogens with zero attached hydrogens (tertiary/aromatic N) is 3. The highest BCUT2D eigenvalue weighted by atomic mass is 19.1. The first-order valence-corrected chi connectivity index (χ1v) is 22.3. The van der Waals surface area contributed by atoms with Gasteiger partial charge in [0.25, 0.3) is 11.5 Å². The molecule has 0 atom stereocenters. The average molecular weight is 921 g/mol. The zero-order valence-electron chi connectivity index (χ0n) is 40.4. The third-order valence-electron chi connectivity index (χ3n) is 8.12. The van der Waals surface area contributed by atoms with E-state index in [9.17, 15) is 28.4 Å². The molecule has 2 heterocycles. The van der Waals surface area contributed by atoms with Gasteiger partial charge in [-0.3, -0.25) is 14.4 Å². The third kappa shape index (κ3) is 25.8. The van der Waals surface area contributed by atoms with Crippen LogP contribution in [0.1, 0.15) is 112 Å². The number of rotatable bonds is 16. The second-order valence-corrected chi connectivity index (χ2v) is 15.3. The number of aromatic amines is 1. The van der Waals surface area contributed by atoms with Gasteiger partial charge in [-0.15, -0.1) is 0 Å². The molecule has 0 spiro atoms. The summed E-state index contributed by atoms with van der Waals surface area (Å²) in [5, 5.41) is 16.1. The van der Waals surface area contributed by atoms with Gasteiger partial charge in [0.05, 0.1) is 49.6 Å². The number of hydrogen-bond acceptors (Lipinski definition) is 12. The van der Waals surface area contributed by atoms with Crippen LogP contribution in [0.3, 0.4) is 0 Å². The molecule has 65 heavy (non-hydrogen) atoms. The Bertz CT molecular complexity index is 1860. The molecule has 0 saturated carbocycles. The molecule has 17 nitrogen and oxygen atoms in total. The molecule has 2 aromatic carbocycles. The van der Waals surface area contributed by atoms with Gasteiger partial charge in [0.1, 0.15) is 17.0 Å². The molecule has 18 heteroatoms. The SMILES string of the molecule is C.CC.CC.CC.CC(C)(C)OC(=O)NCCOCCN.CC(C)(C)OC(=O)NCCOCCNCC(=O)N1CCN(C(=O)c2cc(Cc3n[nH]c(=O)c4ccccc34)ccc2F)CC1. The Balaban J connectivity index is 0. The minimum atomic E-state index is -0.622. The molecule has 1 saturated heterocycles. The summed E-state index contributed by atoms with van der Waals surface area (Å²) in [7, 11) is 0. The largest absolute Gasteiger partial charge is 0.444 e. The monoisotopic (exact) mass is 921 g/mol. The number of H-pyrrole nitrogens is 1. The van der Waals surface area contributed by atoms with E-state index in [0.717, 1.165) is 0 Å². The molecule has 1 fully saturated rings. The Morgan fingerprint density at radius 2 is 1.23 bits per heavy atom. The summed E-state index contributed by atoms with van der Waals surface area (Å²) in [4.78, 5) is 63.9. The first-order chi connectivity index (χ1) is 30.5. The van der Waals surface area contributed by atoms with E-state index in [-0.39, 0.29) is 44.1 Å². The minimum Gasteiger partial charge on any atom is -0.444 e. The van der Waals surface area contributed by atoms with E-state index in [0.29, 0.717) is 94.1 Å². The fourth-order valence-electron chi connectivity index (χ4n) is 5.49. The van der Waals surface area contributed by atoms with Crippen LogP contribution in [0, 0.1) is 5.82 Å². The van der Waals surface area contributed by atoms with Gasteiger partial charge < -0.3 is 50.4 Å². The van der Waals surface area contributed by atoms with E-state index in [4.69, 9.17) is 24.7 Å². The van der Waals surface area contributed by atoms with Crippen LogP contribution in [0.15, 0.2) is 47.3 Å². The number of nitrogens with one attached hydrogen (secondary N) is 4. The predicted molar refractivity (Wildman–Crippen MR) is 257 cm³/mol. The van der Waals surface area contributed by atoms with Gasteiger partial charge in [0.2, 0.25) is 5.91 Å². The summed E-state index contributed by atoms with van der Waals surface area (Å²) in [5.41, 5.74) is 5.17. The summed E-state index contributed by atoms with van der Waals surface area (Å²) in [6, 6.07) is 11.5. The van der Waals surface area contributed by atoms with Crippen molar-refractivity contribution in [3.05, 3.63) is 75.5 Å². The molecule has 0 bridgehead atoms. The number of hydrogen-bond donors (Lipinski definition) is 5. The molecule has 0 unspecified atom stereocenters. The Morgan fingerprint density at radius 3 is 1.75 bits per heavy atom. The Kier molecular flexibility index (Phi) is 32.6. The van der Waals surface area contributed by atoms with E-state index in [1.165, 1.54) is 12.1 Å². The zero-order chi connectivity index (χ0) is 48.7. The second-order valence-electron chi connectivity index (χ2n) is 15.3. The number of alkyl carbamates (subject to hydrolysis) is 2. The van der Waals surface area contributed by atoms with Crippen LogP contribution in [-0.2, 0) is 30.2 Å². The smallest absolute Gasteiger partial charge is 0.407 e. The van der Waals surface area contributed by atoms with E-state index >= 15 is 0 Å². The quantitative estimate of drug-likeness (QED) is 0.100. The Labute approximate surface area is 387 Å². The number of aromatic nitrogens is 2. The molecule has 1 aromatic heterocycles. The number of carbonyl (C=O) groups is 4. The third-order valence-corrected chi connectivity index (χ3v) is 8.12. The molecule has 1 aliphatic heterocycles. The summed E-state index contributed by atoms with van der Waals surface area (Å²) < 4.78 is 35.4. The normalized spacial score (nSPS) is 11.9. The molecular formula is C47H81FN8O9. The minimum absolute atomic E-state index is 0. The van der Waals surface area contributed by atoms with Crippen molar-refractivity contribution in [2.45, 2.75) is 108 Å². The highest BCUT2D eigenvalue weighted by Crippen LogP contribution is 2.20. The molecule has 0 aliphatic carbocycles. The van der Waals surface area contributed by atoms with Crippen LogP contribution in [0.5, 0.6) is 0 Å². The first-order valence-electron chi connectivity index (χ1n) is 22.3.